The molecule has 0 radical (unpaired) electrons. The third kappa shape index (κ3) is 3.82. The lowest BCUT2D eigenvalue weighted by Crippen LogP contribution is -2.31. The zero-order valence-electron chi connectivity index (χ0n) is 15.8. The van der Waals surface area contributed by atoms with E-state index in [1.54, 1.807) is 45.2 Å². The number of aromatic nitrogens is 6. The van der Waals surface area contributed by atoms with Crippen molar-refractivity contribution in [3.63, 3.8) is 0 Å². The van der Waals surface area contributed by atoms with Crippen LogP contribution in [-0.2, 0) is 16.6 Å². The van der Waals surface area contributed by atoms with Gasteiger partial charge in [0.05, 0.1) is 24.2 Å². The van der Waals surface area contributed by atoms with Crippen LogP contribution in [-0.4, -0.2) is 55.1 Å². The van der Waals surface area contributed by atoms with Crippen LogP contribution in [0.4, 0.5) is 5.69 Å². The Labute approximate surface area is 160 Å². The van der Waals surface area contributed by atoms with Crippen LogP contribution in [0.2, 0.25) is 0 Å². The Morgan fingerprint density at radius 2 is 1.93 bits per heavy atom. The zero-order chi connectivity index (χ0) is 20.3. The maximum Gasteiger partial charge on any atom is 0.358 e. The summed E-state index contributed by atoms with van der Waals surface area (Å²) >= 11 is 0. The highest BCUT2D eigenvalue weighted by Crippen LogP contribution is 2.22. The smallest absolute Gasteiger partial charge is 0.358 e. The Bertz CT molecular complexity index is 980. The molecule has 1 amide bonds. The van der Waals surface area contributed by atoms with Gasteiger partial charge in [0.15, 0.2) is 11.8 Å². The average Bonchev–Trinajstić information content (AvgIpc) is 3.30. The van der Waals surface area contributed by atoms with Crippen LogP contribution < -0.4 is 10.1 Å². The van der Waals surface area contributed by atoms with Crippen LogP contribution in [0.15, 0.2) is 30.6 Å². The Morgan fingerprint density at radius 3 is 2.54 bits per heavy atom. The number of esters is 1. The number of tetrazole rings is 1. The largest absolute Gasteiger partial charge is 0.481 e. The van der Waals surface area contributed by atoms with Gasteiger partial charge in [-0.2, -0.15) is 5.10 Å². The molecule has 0 saturated heterocycles. The lowest BCUT2D eigenvalue weighted by Gasteiger charge is -2.15. The maximum atomic E-state index is 12.5. The summed E-state index contributed by atoms with van der Waals surface area (Å²) in [5.41, 5.74) is 1.70. The standard InChI is InChI=1S/C17H19N7O4/c1-10-14(15(17(26)27-4)23(3)20-10)19-16(25)11(2)28-13-7-5-12(6-8-13)24-9-18-21-22-24/h5-9,11H,1-4H3,(H,19,25). The number of benzene rings is 1. The SMILES string of the molecule is COC(=O)c1c(NC(=O)C(C)Oc2ccc(-n3cnnn3)cc2)c(C)nn1C. The van der Waals surface area contributed by atoms with Crippen molar-refractivity contribution in [3.05, 3.63) is 42.0 Å². The molecule has 0 fully saturated rings. The lowest BCUT2D eigenvalue weighted by atomic mass is 10.2. The first-order valence-electron chi connectivity index (χ1n) is 8.33. The predicted octanol–water partition coefficient (Wildman–Crippen LogP) is 0.897. The number of anilines is 1. The van der Waals surface area contributed by atoms with Crippen molar-refractivity contribution < 1.29 is 19.1 Å². The van der Waals surface area contributed by atoms with Crippen molar-refractivity contribution in [2.24, 2.45) is 7.05 Å². The second-order valence-electron chi connectivity index (χ2n) is 5.92. The molecule has 2 heterocycles. The molecule has 28 heavy (non-hydrogen) atoms. The first kappa shape index (κ1) is 19.0. The molecule has 0 spiro atoms. The number of nitrogens with zero attached hydrogens (tertiary/aromatic N) is 6. The molecule has 2 aromatic heterocycles. The van der Waals surface area contributed by atoms with Gasteiger partial charge in [-0.3, -0.25) is 9.48 Å². The van der Waals surface area contributed by atoms with E-state index in [-0.39, 0.29) is 5.69 Å². The molecule has 1 unspecified atom stereocenters. The molecule has 0 bridgehead atoms. The minimum atomic E-state index is -0.816. The lowest BCUT2D eigenvalue weighted by molar-refractivity contribution is -0.122. The molecular formula is C17H19N7O4. The Kier molecular flexibility index (Phi) is 5.34. The summed E-state index contributed by atoms with van der Waals surface area (Å²) < 4.78 is 13.3. The number of hydrogen-bond donors (Lipinski definition) is 1. The first-order chi connectivity index (χ1) is 13.4. The van der Waals surface area contributed by atoms with Crippen LogP contribution >= 0.6 is 0 Å². The van der Waals surface area contributed by atoms with Crippen LogP contribution in [0, 0.1) is 6.92 Å². The number of aryl methyl sites for hydroxylation is 2. The minimum absolute atomic E-state index is 0.159. The number of ether oxygens (including phenoxy) is 2. The molecule has 0 aliphatic carbocycles. The predicted molar refractivity (Wildman–Crippen MR) is 97.2 cm³/mol. The van der Waals surface area contributed by atoms with Crippen LogP contribution in [0.3, 0.4) is 0 Å². The summed E-state index contributed by atoms with van der Waals surface area (Å²) in [7, 11) is 2.86. The highest BCUT2D eigenvalue weighted by atomic mass is 16.5. The van der Waals surface area contributed by atoms with Crippen LogP contribution in [0.1, 0.15) is 23.1 Å². The van der Waals surface area contributed by atoms with E-state index in [0.29, 0.717) is 17.1 Å². The Hall–Kier alpha value is -3.76. The third-order valence-corrected chi connectivity index (χ3v) is 3.98. The fourth-order valence-corrected chi connectivity index (χ4v) is 2.58. The summed E-state index contributed by atoms with van der Waals surface area (Å²) in [5, 5.41) is 17.8. The fourth-order valence-electron chi connectivity index (χ4n) is 2.58. The van der Waals surface area contributed by atoms with E-state index in [4.69, 9.17) is 9.47 Å². The first-order valence-corrected chi connectivity index (χ1v) is 8.33. The van der Waals surface area contributed by atoms with Gasteiger partial charge in [-0.1, -0.05) is 0 Å². The van der Waals surface area contributed by atoms with E-state index in [1.165, 1.54) is 22.8 Å². The third-order valence-electron chi connectivity index (χ3n) is 3.98. The van der Waals surface area contributed by atoms with E-state index >= 15 is 0 Å². The highest BCUT2D eigenvalue weighted by Gasteiger charge is 2.24. The van der Waals surface area contributed by atoms with Crippen molar-refractivity contribution in [3.8, 4) is 11.4 Å². The zero-order valence-corrected chi connectivity index (χ0v) is 15.8. The molecule has 0 saturated carbocycles. The van der Waals surface area contributed by atoms with E-state index in [2.05, 4.69) is 25.9 Å². The van der Waals surface area contributed by atoms with Crippen molar-refractivity contribution in [1.29, 1.82) is 0 Å². The number of amides is 1. The summed E-state index contributed by atoms with van der Waals surface area (Å²) in [5.74, 6) is -0.522. The van der Waals surface area contributed by atoms with Crippen LogP contribution in [0.5, 0.6) is 5.75 Å². The van der Waals surface area contributed by atoms with E-state index < -0.39 is 18.0 Å². The van der Waals surface area contributed by atoms with Crippen molar-refractivity contribution in [1.82, 2.24) is 30.0 Å². The summed E-state index contributed by atoms with van der Waals surface area (Å²) in [6.07, 6.45) is 0.658. The molecule has 3 rings (SSSR count). The second kappa shape index (κ2) is 7.86. The molecule has 146 valence electrons. The van der Waals surface area contributed by atoms with Gasteiger partial charge in [0, 0.05) is 7.05 Å². The van der Waals surface area contributed by atoms with Gasteiger partial charge < -0.3 is 14.8 Å². The number of carbonyl (C=O) groups is 2. The van der Waals surface area contributed by atoms with Crippen molar-refractivity contribution >= 4 is 17.6 Å². The highest BCUT2D eigenvalue weighted by molar-refractivity contribution is 6.02. The topological polar surface area (TPSA) is 126 Å². The van der Waals surface area contributed by atoms with E-state index in [0.717, 1.165) is 5.69 Å². The quantitative estimate of drug-likeness (QED) is 0.620. The van der Waals surface area contributed by atoms with Crippen molar-refractivity contribution in [2.75, 3.05) is 12.4 Å². The maximum absolute atomic E-state index is 12.5. The van der Waals surface area contributed by atoms with Gasteiger partial charge in [-0.05, 0) is 48.5 Å². The van der Waals surface area contributed by atoms with E-state index in [1.807, 2.05) is 0 Å². The van der Waals surface area contributed by atoms with Crippen LogP contribution in [0.25, 0.3) is 5.69 Å². The fraction of sp³-hybridized carbons (Fsp3) is 0.294. The summed E-state index contributed by atoms with van der Waals surface area (Å²) in [6.45, 7) is 3.29. The normalized spacial score (nSPS) is 11.7. The van der Waals surface area contributed by atoms with Gasteiger partial charge in [0.2, 0.25) is 0 Å². The number of methoxy groups -OCH3 is 1. The van der Waals surface area contributed by atoms with Crippen molar-refractivity contribution in [2.45, 2.75) is 20.0 Å². The number of nitrogens with one attached hydrogen (secondary N) is 1. The summed E-state index contributed by atoms with van der Waals surface area (Å²) in [6, 6.07) is 6.93. The second-order valence-corrected chi connectivity index (χ2v) is 5.92. The van der Waals surface area contributed by atoms with Gasteiger partial charge >= 0.3 is 5.97 Å². The molecule has 0 aliphatic rings. The van der Waals surface area contributed by atoms with Gasteiger partial charge in [0.25, 0.3) is 5.91 Å². The van der Waals surface area contributed by atoms with Gasteiger partial charge in [-0.25, -0.2) is 9.48 Å². The Morgan fingerprint density at radius 1 is 1.21 bits per heavy atom. The van der Waals surface area contributed by atoms with Gasteiger partial charge in [0.1, 0.15) is 12.1 Å². The average molecular weight is 385 g/mol. The molecule has 0 aliphatic heterocycles. The monoisotopic (exact) mass is 385 g/mol. The summed E-state index contributed by atoms with van der Waals surface area (Å²) in [4.78, 5) is 24.5. The minimum Gasteiger partial charge on any atom is -0.481 e. The molecular weight excluding hydrogens is 366 g/mol. The molecule has 3 aromatic rings. The number of hydrogen-bond acceptors (Lipinski definition) is 8. The molecule has 11 nitrogen and oxygen atoms in total. The molecule has 1 N–H and O–H groups in total. The number of rotatable bonds is 6. The Balaban J connectivity index is 1.69. The van der Waals surface area contributed by atoms with Gasteiger partial charge in [-0.15, -0.1) is 5.10 Å². The molecule has 1 aromatic carbocycles. The molecule has 11 heteroatoms. The van der Waals surface area contributed by atoms with E-state index in [9.17, 15) is 9.59 Å². The number of carbonyl (C=O) groups excluding carboxylic acids is 2. The molecule has 1 atom stereocenters.